The highest BCUT2D eigenvalue weighted by atomic mass is 16.3. The van der Waals surface area contributed by atoms with E-state index in [-0.39, 0.29) is 40.9 Å². The van der Waals surface area contributed by atoms with Crippen LogP contribution in [-0.4, -0.2) is 0 Å². The number of hydrogen-bond donors (Lipinski definition) is 0. The topological polar surface area (TPSA) is 17.0 Å². The molecule has 34 heavy (non-hydrogen) atoms. The second-order valence-corrected chi connectivity index (χ2v) is 9.24. The van der Waals surface area contributed by atoms with Crippen molar-refractivity contribution in [3.63, 3.8) is 0 Å². The Bertz CT molecular complexity index is 1850. The molecule has 0 aliphatic heterocycles. The molecule has 2 heterocycles. The molecule has 0 atom stereocenters. The van der Waals surface area contributed by atoms with Crippen molar-refractivity contribution in [2.75, 3.05) is 0 Å². The summed E-state index contributed by atoms with van der Waals surface area (Å²) in [7, 11) is 1.85. The molecule has 1 aliphatic carbocycles. The SMILES string of the molecule is [2H]c1c([2H])c(C2([2H])CCCCC2)c([2H])c([2H])c1-c1cccc2c1oc1c(-c3cc(C([2H])([2H])[2H])cc[n+]3C)c(C)ccc12. The molecule has 0 amide bonds. The zero-order chi connectivity index (χ0) is 30.1. The fraction of sp³-hybridized carbons (Fsp3) is 0.281. The summed E-state index contributed by atoms with van der Waals surface area (Å²) in [5.41, 5.74) is 4.28. The van der Waals surface area contributed by atoms with Crippen molar-refractivity contribution < 1.29 is 20.0 Å². The van der Waals surface area contributed by atoms with Crippen LogP contribution < -0.4 is 4.57 Å². The predicted molar refractivity (Wildman–Crippen MR) is 141 cm³/mol. The summed E-state index contributed by atoms with van der Waals surface area (Å²) >= 11 is 0. The van der Waals surface area contributed by atoms with E-state index in [1.807, 2.05) is 42.8 Å². The number of hydrogen-bond acceptors (Lipinski definition) is 1. The minimum absolute atomic E-state index is 0.144. The molecule has 2 heteroatoms. The first-order chi connectivity index (χ1) is 19.8. The molecule has 2 nitrogen and oxygen atoms in total. The quantitative estimate of drug-likeness (QED) is 0.250. The maximum Gasteiger partial charge on any atom is 0.216 e. The van der Waals surface area contributed by atoms with E-state index in [2.05, 4.69) is 0 Å². The molecule has 1 saturated carbocycles. The van der Waals surface area contributed by atoms with Crippen LogP contribution in [0.1, 0.15) is 65.7 Å². The van der Waals surface area contributed by atoms with E-state index in [0.717, 1.165) is 41.2 Å². The van der Waals surface area contributed by atoms with Crippen LogP contribution in [0.5, 0.6) is 0 Å². The molecule has 5 aromatic rings. The first-order valence-corrected chi connectivity index (χ1v) is 11.9. The number of pyridine rings is 1. The van der Waals surface area contributed by atoms with Gasteiger partial charge in [0.05, 0.1) is 11.0 Å². The zero-order valence-corrected chi connectivity index (χ0v) is 19.5. The Balaban J connectivity index is 1.62. The lowest BCUT2D eigenvalue weighted by molar-refractivity contribution is -0.660. The summed E-state index contributed by atoms with van der Waals surface area (Å²) in [5.74, 6) is -1.13. The maximum atomic E-state index is 9.05. The zero-order valence-electron chi connectivity index (χ0n) is 27.5. The monoisotopic (exact) mass is 454 g/mol. The van der Waals surface area contributed by atoms with Gasteiger partial charge in [-0.25, -0.2) is 4.57 Å². The standard InChI is InChI=1S/C32H32NO/c1-21-18-19-33(3)29(20-21)30-22(2)12-17-28-27-11-7-10-26(31(27)34-32(28)30)25-15-13-24(14-16-25)23-8-5-4-6-9-23/h7,10-20,23H,4-6,8-9H2,1-3H3/q+1/i1D3,13D,14D,15D,16D,23D. The Kier molecular flexibility index (Phi) is 3.50. The normalized spacial score (nSPS) is 19.5. The minimum atomic E-state index is -2.27. The smallest absolute Gasteiger partial charge is 0.216 e. The summed E-state index contributed by atoms with van der Waals surface area (Å²) < 4.78 is 76.9. The van der Waals surface area contributed by atoms with Gasteiger partial charge in [0.25, 0.3) is 0 Å². The van der Waals surface area contributed by atoms with Crippen LogP contribution >= 0.6 is 0 Å². The molecule has 0 spiro atoms. The van der Waals surface area contributed by atoms with E-state index in [9.17, 15) is 0 Å². The van der Waals surface area contributed by atoms with Crippen molar-refractivity contribution in [2.24, 2.45) is 7.05 Å². The Hall–Kier alpha value is -3.39. The summed E-state index contributed by atoms with van der Waals surface area (Å²) in [6.45, 7) is -0.335. The number of nitrogens with zero attached hydrogens (tertiary/aromatic N) is 1. The highest BCUT2D eigenvalue weighted by molar-refractivity contribution is 6.13. The minimum Gasteiger partial charge on any atom is -0.454 e. The van der Waals surface area contributed by atoms with Gasteiger partial charge < -0.3 is 4.42 Å². The molecule has 1 fully saturated rings. The fourth-order valence-corrected chi connectivity index (χ4v) is 5.15. The molecule has 6 rings (SSSR count). The van der Waals surface area contributed by atoms with Crippen LogP contribution in [0.25, 0.3) is 44.3 Å². The third kappa shape index (κ3) is 3.53. The van der Waals surface area contributed by atoms with E-state index in [1.165, 1.54) is 0 Å². The maximum absolute atomic E-state index is 9.05. The average molecular weight is 455 g/mol. The van der Waals surface area contributed by atoms with E-state index in [4.69, 9.17) is 15.4 Å². The number of aromatic nitrogens is 1. The van der Waals surface area contributed by atoms with Crippen LogP contribution in [0.15, 0.2) is 77.2 Å². The summed E-state index contributed by atoms with van der Waals surface area (Å²) in [6.07, 6.45) is 5.43. The van der Waals surface area contributed by atoms with Crippen LogP contribution in [-0.2, 0) is 7.05 Å². The lowest BCUT2D eigenvalue weighted by atomic mass is 9.83. The van der Waals surface area contributed by atoms with Gasteiger partial charge in [-0.05, 0) is 54.8 Å². The molecule has 2 aromatic heterocycles. The highest BCUT2D eigenvalue weighted by Crippen LogP contribution is 2.41. The van der Waals surface area contributed by atoms with Gasteiger partial charge in [-0.3, -0.25) is 0 Å². The highest BCUT2D eigenvalue weighted by Gasteiger charge is 2.22. The van der Waals surface area contributed by atoms with E-state index in [0.29, 0.717) is 35.3 Å². The number of aryl methyl sites for hydroxylation is 3. The Labute approximate surface area is 213 Å². The van der Waals surface area contributed by atoms with Gasteiger partial charge in [0, 0.05) is 34.0 Å². The van der Waals surface area contributed by atoms with Gasteiger partial charge in [0.15, 0.2) is 6.20 Å². The lowest BCUT2D eigenvalue weighted by Gasteiger charge is -2.22. The summed E-state index contributed by atoms with van der Waals surface area (Å²) in [4.78, 5) is 0. The van der Waals surface area contributed by atoms with E-state index in [1.54, 1.807) is 24.4 Å². The van der Waals surface area contributed by atoms with Crippen molar-refractivity contribution in [3.05, 3.63) is 89.5 Å². The second-order valence-electron chi connectivity index (χ2n) is 9.24. The van der Waals surface area contributed by atoms with Gasteiger partial charge in [0.2, 0.25) is 5.69 Å². The van der Waals surface area contributed by atoms with Crippen molar-refractivity contribution in [1.82, 2.24) is 0 Å². The van der Waals surface area contributed by atoms with Crippen molar-refractivity contribution in [1.29, 1.82) is 0 Å². The lowest BCUT2D eigenvalue weighted by Crippen LogP contribution is -2.30. The first kappa shape index (κ1) is 14.1. The van der Waals surface area contributed by atoms with Gasteiger partial charge in [-0.2, -0.15) is 0 Å². The number of fused-ring (bicyclic) bond motifs is 3. The Morgan fingerprint density at radius 3 is 2.56 bits per heavy atom. The molecule has 0 bridgehead atoms. The molecule has 170 valence electrons. The van der Waals surface area contributed by atoms with Crippen molar-refractivity contribution >= 4 is 21.9 Å². The molecular weight excluding hydrogens is 414 g/mol. The van der Waals surface area contributed by atoms with Crippen molar-refractivity contribution in [2.45, 2.75) is 51.8 Å². The number of furan rings is 1. The van der Waals surface area contributed by atoms with Crippen molar-refractivity contribution in [3.8, 4) is 22.4 Å². The Morgan fingerprint density at radius 1 is 0.971 bits per heavy atom. The molecule has 0 unspecified atom stereocenters. The van der Waals surface area contributed by atoms with Gasteiger partial charge in [-0.15, -0.1) is 0 Å². The molecule has 3 aromatic carbocycles. The Morgan fingerprint density at radius 2 is 1.76 bits per heavy atom. The third-order valence-corrected chi connectivity index (χ3v) is 6.99. The molecule has 0 radical (unpaired) electrons. The predicted octanol–water partition coefficient (Wildman–Crippen LogP) is 8.41. The number of benzene rings is 3. The van der Waals surface area contributed by atoms with Crippen LogP contribution in [0, 0.1) is 13.8 Å². The van der Waals surface area contributed by atoms with E-state index < -0.39 is 12.7 Å². The first-order valence-electron chi connectivity index (χ1n) is 15.9. The van der Waals surface area contributed by atoms with Crippen LogP contribution in [0.2, 0.25) is 0 Å². The van der Waals surface area contributed by atoms with Gasteiger partial charge in [0.1, 0.15) is 18.2 Å². The number of rotatable bonds is 3. The fourth-order valence-electron chi connectivity index (χ4n) is 5.15. The molecular formula is C32H32NO+. The van der Waals surface area contributed by atoms with Gasteiger partial charge in [-0.1, -0.05) is 73.8 Å². The molecule has 0 N–H and O–H groups in total. The van der Waals surface area contributed by atoms with Crippen LogP contribution in [0.3, 0.4) is 0 Å². The van der Waals surface area contributed by atoms with Crippen LogP contribution in [0.4, 0.5) is 0 Å². The molecule has 0 saturated heterocycles. The summed E-state index contributed by atoms with van der Waals surface area (Å²) in [5, 5.41) is 1.55. The van der Waals surface area contributed by atoms with E-state index >= 15 is 0 Å². The average Bonchev–Trinajstić information content (AvgIpc) is 3.32. The summed E-state index contributed by atoms with van der Waals surface area (Å²) in [6, 6.07) is 11.9. The largest absolute Gasteiger partial charge is 0.454 e. The third-order valence-electron chi connectivity index (χ3n) is 6.99. The molecule has 1 aliphatic rings. The number of para-hydroxylation sites is 1. The van der Waals surface area contributed by atoms with Gasteiger partial charge >= 0.3 is 0 Å². The second kappa shape index (κ2) is 8.43.